The number of hydrogen-bond acceptors (Lipinski definition) is 5. The minimum atomic E-state index is -5.08. The lowest BCUT2D eigenvalue weighted by atomic mass is 10.0. The lowest BCUT2D eigenvalue weighted by molar-refractivity contribution is -0.192. The molecule has 8 nitrogen and oxygen atoms in total. The van der Waals surface area contributed by atoms with Crippen LogP contribution in [0.2, 0.25) is 0 Å². The first-order chi connectivity index (χ1) is 17.4. The molecule has 38 heavy (non-hydrogen) atoms. The van der Waals surface area contributed by atoms with Gasteiger partial charge in [0.15, 0.2) is 0 Å². The fourth-order valence-electron chi connectivity index (χ4n) is 3.18. The predicted octanol–water partition coefficient (Wildman–Crippen LogP) is 4.30. The molecule has 0 atom stereocenters. The number of carboxylic acids is 1. The fraction of sp³-hybridized carbons (Fsp3) is 0.571. The van der Waals surface area contributed by atoms with E-state index in [4.69, 9.17) is 14.6 Å². The number of halogens is 9. The molecule has 0 aliphatic carbocycles. The summed E-state index contributed by atoms with van der Waals surface area (Å²) in [6.45, 7) is 3.06. The van der Waals surface area contributed by atoms with Gasteiger partial charge in [-0.25, -0.2) is 9.59 Å². The zero-order valence-electron chi connectivity index (χ0n) is 19.7. The molecule has 1 fully saturated rings. The molecule has 0 radical (unpaired) electrons. The van der Waals surface area contributed by atoms with Crippen LogP contribution < -0.4 is 10.6 Å². The second-order valence-electron chi connectivity index (χ2n) is 7.73. The van der Waals surface area contributed by atoms with Gasteiger partial charge in [-0.05, 0) is 38.0 Å². The van der Waals surface area contributed by atoms with Crippen LogP contribution in [-0.2, 0) is 21.9 Å². The van der Waals surface area contributed by atoms with Gasteiger partial charge in [0, 0.05) is 32.2 Å². The summed E-state index contributed by atoms with van der Waals surface area (Å²) < 4.78 is 114. The van der Waals surface area contributed by atoms with Gasteiger partial charge < -0.3 is 25.4 Å². The van der Waals surface area contributed by atoms with E-state index in [0.717, 1.165) is 0 Å². The van der Waals surface area contributed by atoms with Crippen LogP contribution in [0.3, 0.4) is 0 Å². The molecule has 0 saturated carbocycles. The first-order valence-electron chi connectivity index (χ1n) is 10.9. The number of carbonyl (C=O) groups is 3. The average molecular weight is 569 g/mol. The molecule has 2 rings (SSSR count). The van der Waals surface area contributed by atoms with Gasteiger partial charge in [0.05, 0.1) is 23.3 Å². The van der Waals surface area contributed by atoms with Crippen LogP contribution in [0.1, 0.15) is 41.3 Å². The van der Waals surface area contributed by atoms with Crippen LogP contribution in [0.25, 0.3) is 0 Å². The maximum absolute atomic E-state index is 13.1. The molecule has 216 valence electrons. The van der Waals surface area contributed by atoms with Crippen LogP contribution in [0.4, 0.5) is 44.3 Å². The standard InChI is InChI=1S/C19H23F6N3O3.C2HF3O2/c1-2-31-17(30)28-9-5-13(6-10-28)26-7-8-27-16(29)14-11-12(18(20,21)22)3-4-15(14)19(23,24)25;3-2(4,5)1(6)7/h3-4,11,13,26H,2,5-10H2,1H3,(H,27,29);(H,6,7). The highest BCUT2D eigenvalue weighted by Gasteiger charge is 2.39. The largest absolute Gasteiger partial charge is 0.490 e. The van der Waals surface area contributed by atoms with Crippen molar-refractivity contribution in [2.75, 3.05) is 32.8 Å². The number of nitrogens with zero attached hydrogens (tertiary/aromatic N) is 1. The van der Waals surface area contributed by atoms with Gasteiger partial charge >= 0.3 is 30.6 Å². The zero-order valence-corrected chi connectivity index (χ0v) is 19.7. The van der Waals surface area contributed by atoms with E-state index >= 15 is 0 Å². The summed E-state index contributed by atoms with van der Waals surface area (Å²) in [7, 11) is 0. The second kappa shape index (κ2) is 13.5. The molecule has 0 aromatic heterocycles. The Bertz CT molecular complexity index is 957. The number of amides is 2. The third-order valence-corrected chi connectivity index (χ3v) is 5.00. The first-order valence-corrected chi connectivity index (χ1v) is 10.9. The number of piperidine rings is 1. The van der Waals surface area contributed by atoms with E-state index in [1.807, 2.05) is 0 Å². The summed E-state index contributed by atoms with van der Waals surface area (Å²) >= 11 is 0. The van der Waals surface area contributed by atoms with Crippen LogP contribution in [-0.4, -0.2) is 73.0 Å². The number of aliphatic carboxylic acids is 1. The topological polar surface area (TPSA) is 108 Å². The highest BCUT2D eigenvalue weighted by Crippen LogP contribution is 2.36. The quantitative estimate of drug-likeness (QED) is 0.349. The van der Waals surface area contributed by atoms with Gasteiger partial charge in [0.25, 0.3) is 5.91 Å². The normalized spacial score (nSPS) is 14.8. The molecule has 0 bridgehead atoms. The van der Waals surface area contributed by atoms with E-state index < -0.39 is 53.2 Å². The Morgan fingerprint density at radius 2 is 1.53 bits per heavy atom. The average Bonchev–Trinajstić information content (AvgIpc) is 2.80. The van der Waals surface area contributed by atoms with Crippen molar-refractivity contribution in [2.45, 2.75) is 44.3 Å². The Morgan fingerprint density at radius 1 is 0.974 bits per heavy atom. The monoisotopic (exact) mass is 569 g/mol. The number of carboxylic acid groups (broad SMARTS) is 1. The van der Waals surface area contributed by atoms with Gasteiger partial charge in [-0.3, -0.25) is 4.79 Å². The highest BCUT2D eigenvalue weighted by atomic mass is 19.4. The Balaban J connectivity index is 0.000000905. The fourth-order valence-corrected chi connectivity index (χ4v) is 3.18. The third kappa shape index (κ3) is 10.6. The number of hydrogen-bond donors (Lipinski definition) is 3. The summed E-state index contributed by atoms with van der Waals surface area (Å²) in [6, 6.07) is 0.787. The van der Waals surface area contributed by atoms with E-state index in [-0.39, 0.29) is 37.9 Å². The molecule has 1 aliphatic heterocycles. The molecule has 17 heteroatoms. The summed E-state index contributed by atoms with van der Waals surface area (Å²) in [6.07, 6.45) is -14.1. The van der Waals surface area contributed by atoms with Crippen molar-refractivity contribution in [2.24, 2.45) is 0 Å². The van der Waals surface area contributed by atoms with Gasteiger partial charge in [-0.1, -0.05) is 0 Å². The predicted molar refractivity (Wildman–Crippen MR) is 112 cm³/mol. The molecular weight excluding hydrogens is 545 g/mol. The molecule has 1 aromatic rings. The number of benzene rings is 1. The number of likely N-dealkylation sites (tertiary alicyclic amines) is 1. The molecule has 0 spiro atoms. The smallest absolute Gasteiger partial charge is 0.475 e. The molecule has 1 aliphatic rings. The third-order valence-electron chi connectivity index (χ3n) is 5.00. The van der Waals surface area contributed by atoms with Crippen LogP contribution >= 0.6 is 0 Å². The summed E-state index contributed by atoms with van der Waals surface area (Å²) in [5.41, 5.74) is -3.85. The van der Waals surface area contributed by atoms with Crippen LogP contribution in [0.5, 0.6) is 0 Å². The summed E-state index contributed by atoms with van der Waals surface area (Å²) in [4.78, 5) is 34.3. The van der Waals surface area contributed by atoms with Crippen LogP contribution in [0.15, 0.2) is 18.2 Å². The van der Waals surface area contributed by atoms with E-state index in [1.54, 1.807) is 11.8 Å². The molecule has 1 aromatic carbocycles. The van der Waals surface area contributed by atoms with Gasteiger partial charge in [-0.2, -0.15) is 39.5 Å². The maximum Gasteiger partial charge on any atom is 0.490 e. The minimum absolute atomic E-state index is 0.0295. The maximum atomic E-state index is 13.1. The number of rotatable bonds is 6. The van der Waals surface area contributed by atoms with Crippen molar-refractivity contribution in [3.63, 3.8) is 0 Å². The molecular formula is C21H24F9N3O5. The number of alkyl halides is 9. The second-order valence-corrected chi connectivity index (χ2v) is 7.73. The molecule has 1 heterocycles. The Labute approximate surface area is 210 Å². The van der Waals surface area contributed by atoms with Crippen molar-refractivity contribution >= 4 is 18.0 Å². The summed E-state index contributed by atoms with van der Waals surface area (Å²) in [5.74, 6) is -4.00. The van der Waals surface area contributed by atoms with E-state index in [1.165, 1.54) is 0 Å². The van der Waals surface area contributed by atoms with Crippen LogP contribution in [0, 0.1) is 0 Å². The van der Waals surface area contributed by atoms with Gasteiger partial charge in [0.1, 0.15) is 0 Å². The van der Waals surface area contributed by atoms with Crippen molar-refractivity contribution in [1.82, 2.24) is 15.5 Å². The molecule has 3 N–H and O–H groups in total. The van der Waals surface area contributed by atoms with Crippen molar-refractivity contribution in [1.29, 1.82) is 0 Å². The van der Waals surface area contributed by atoms with Crippen molar-refractivity contribution < 1.29 is 63.7 Å². The minimum Gasteiger partial charge on any atom is -0.475 e. The van der Waals surface area contributed by atoms with Crippen molar-refractivity contribution in [3.05, 3.63) is 34.9 Å². The molecule has 0 unspecified atom stereocenters. The van der Waals surface area contributed by atoms with E-state index in [9.17, 15) is 49.1 Å². The molecule has 1 saturated heterocycles. The first kappa shape index (κ1) is 32.8. The lowest BCUT2D eigenvalue weighted by Crippen LogP contribution is -2.46. The Morgan fingerprint density at radius 3 is 1.97 bits per heavy atom. The summed E-state index contributed by atoms with van der Waals surface area (Å²) in [5, 5.41) is 12.4. The van der Waals surface area contributed by atoms with Gasteiger partial charge in [0.2, 0.25) is 0 Å². The Hall–Kier alpha value is -3.24. The molecule has 2 amide bonds. The number of ether oxygens (including phenoxy) is 1. The van der Waals surface area contributed by atoms with Crippen molar-refractivity contribution in [3.8, 4) is 0 Å². The number of carbonyl (C=O) groups excluding carboxylic acids is 2. The number of nitrogens with one attached hydrogen (secondary N) is 2. The SMILES string of the molecule is CCOC(=O)N1CCC(NCCNC(=O)c2cc(C(F)(F)F)ccc2C(F)(F)F)CC1.O=C(O)C(F)(F)F. The van der Waals surface area contributed by atoms with E-state index in [0.29, 0.717) is 32.0 Å². The van der Waals surface area contributed by atoms with E-state index in [2.05, 4.69) is 10.6 Å². The zero-order chi connectivity index (χ0) is 29.3. The van der Waals surface area contributed by atoms with Gasteiger partial charge in [-0.15, -0.1) is 0 Å². The highest BCUT2D eigenvalue weighted by molar-refractivity contribution is 5.96. The lowest BCUT2D eigenvalue weighted by Gasteiger charge is -2.31. The Kier molecular flexibility index (Phi) is 11.7.